The highest BCUT2D eigenvalue weighted by Crippen LogP contribution is 2.17. The molecule has 1 fully saturated rings. The summed E-state index contributed by atoms with van der Waals surface area (Å²) in [5.74, 6) is 0.161. The summed E-state index contributed by atoms with van der Waals surface area (Å²) in [6, 6.07) is 10.8. The van der Waals surface area contributed by atoms with E-state index >= 15 is 0 Å². The van der Waals surface area contributed by atoms with E-state index in [9.17, 15) is 4.79 Å². The number of likely N-dealkylation sites (N-methyl/N-ethyl adjacent to an activating group) is 1. The first kappa shape index (κ1) is 14.0. The molecule has 1 heterocycles. The molecule has 0 aromatic heterocycles. The Labute approximate surface area is 115 Å². The van der Waals surface area contributed by atoms with Crippen molar-refractivity contribution in [1.82, 2.24) is 9.80 Å². The average molecular weight is 261 g/mol. The Bertz CT molecular complexity index is 407. The first-order valence-electron chi connectivity index (χ1n) is 6.92. The fourth-order valence-corrected chi connectivity index (χ4v) is 2.62. The molecule has 4 nitrogen and oxygen atoms in total. The first-order valence-corrected chi connectivity index (χ1v) is 6.92. The molecule has 1 aliphatic heterocycles. The van der Waals surface area contributed by atoms with Crippen molar-refractivity contribution in [3.8, 4) is 0 Å². The van der Waals surface area contributed by atoms with Gasteiger partial charge < -0.3 is 10.6 Å². The summed E-state index contributed by atoms with van der Waals surface area (Å²) in [4.78, 5) is 16.1. The van der Waals surface area contributed by atoms with E-state index in [1.165, 1.54) is 5.56 Å². The van der Waals surface area contributed by atoms with E-state index in [1.54, 1.807) is 0 Å². The Morgan fingerprint density at radius 3 is 2.84 bits per heavy atom. The SMILES string of the molecule is CN(C(=O)CCN)C1CCN(Cc2ccccc2)C1. The lowest BCUT2D eigenvalue weighted by Gasteiger charge is -2.25. The molecule has 2 N–H and O–H groups in total. The maximum absolute atomic E-state index is 11.8. The topological polar surface area (TPSA) is 49.6 Å². The van der Waals surface area contributed by atoms with Crippen LogP contribution in [0.3, 0.4) is 0 Å². The maximum Gasteiger partial charge on any atom is 0.223 e. The second-order valence-corrected chi connectivity index (χ2v) is 5.21. The van der Waals surface area contributed by atoms with Gasteiger partial charge in [-0.2, -0.15) is 0 Å². The lowest BCUT2D eigenvalue weighted by molar-refractivity contribution is -0.131. The first-order chi connectivity index (χ1) is 9.20. The molecule has 1 aliphatic rings. The number of rotatable bonds is 5. The number of benzene rings is 1. The highest BCUT2D eigenvalue weighted by Gasteiger charge is 2.27. The number of amides is 1. The Balaban J connectivity index is 1.84. The third-order valence-corrected chi connectivity index (χ3v) is 3.80. The van der Waals surface area contributed by atoms with Crippen LogP contribution in [0.1, 0.15) is 18.4 Å². The molecule has 104 valence electrons. The molecule has 0 bridgehead atoms. The Morgan fingerprint density at radius 1 is 1.42 bits per heavy atom. The largest absolute Gasteiger partial charge is 0.341 e. The minimum absolute atomic E-state index is 0.161. The van der Waals surface area contributed by atoms with Crippen LogP contribution in [0.5, 0.6) is 0 Å². The second kappa shape index (κ2) is 6.68. The zero-order chi connectivity index (χ0) is 13.7. The number of hydrogen-bond donors (Lipinski definition) is 1. The van der Waals surface area contributed by atoms with Crippen LogP contribution >= 0.6 is 0 Å². The molecule has 1 amide bonds. The quantitative estimate of drug-likeness (QED) is 0.862. The van der Waals surface area contributed by atoms with Gasteiger partial charge in [0.25, 0.3) is 0 Å². The highest BCUT2D eigenvalue weighted by molar-refractivity contribution is 5.76. The molecule has 0 saturated carbocycles. The minimum atomic E-state index is 0.161. The predicted octanol–water partition coefficient (Wildman–Crippen LogP) is 1.07. The molecule has 19 heavy (non-hydrogen) atoms. The van der Waals surface area contributed by atoms with Gasteiger partial charge in [-0.1, -0.05) is 30.3 Å². The summed E-state index contributed by atoms with van der Waals surface area (Å²) in [6.07, 6.45) is 1.51. The van der Waals surface area contributed by atoms with Crippen LogP contribution in [0, 0.1) is 0 Å². The lowest BCUT2D eigenvalue weighted by Crippen LogP contribution is -2.39. The molecular weight excluding hydrogens is 238 g/mol. The van der Waals surface area contributed by atoms with Gasteiger partial charge in [0, 0.05) is 45.7 Å². The van der Waals surface area contributed by atoms with Gasteiger partial charge in [0.15, 0.2) is 0 Å². The van der Waals surface area contributed by atoms with Crippen LogP contribution in [-0.4, -0.2) is 48.4 Å². The monoisotopic (exact) mass is 261 g/mol. The Hall–Kier alpha value is -1.39. The summed E-state index contributed by atoms with van der Waals surface area (Å²) in [7, 11) is 1.90. The van der Waals surface area contributed by atoms with Crippen LogP contribution in [0.2, 0.25) is 0 Å². The number of carbonyl (C=O) groups excluding carboxylic acids is 1. The smallest absolute Gasteiger partial charge is 0.223 e. The van der Waals surface area contributed by atoms with Crippen molar-refractivity contribution in [2.24, 2.45) is 5.73 Å². The molecule has 0 radical (unpaired) electrons. The minimum Gasteiger partial charge on any atom is -0.341 e. The number of nitrogens with zero attached hydrogens (tertiary/aromatic N) is 2. The standard InChI is InChI=1S/C15H23N3O/c1-17(15(19)7-9-16)14-8-10-18(12-14)11-13-5-3-2-4-6-13/h2-6,14H,7-12,16H2,1H3. The van der Waals surface area contributed by atoms with E-state index in [4.69, 9.17) is 5.73 Å². The highest BCUT2D eigenvalue weighted by atomic mass is 16.2. The van der Waals surface area contributed by atoms with Crippen molar-refractivity contribution < 1.29 is 4.79 Å². The molecule has 1 aromatic carbocycles. The molecule has 4 heteroatoms. The van der Waals surface area contributed by atoms with Crippen molar-refractivity contribution in [3.63, 3.8) is 0 Å². The van der Waals surface area contributed by atoms with E-state index in [2.05, 4.69) is 29.2 Å². The van der Waals surface area contributed by atoms with E-state index in [1.807, 2.05) is 18.0 Å². The summed E-state index contributed by atoms with van der Waals surface area (Å²) >= 11 is 0. The lowest BCUT2D eigenvalue weighted by atomic mass is 10.2. The maximum atomic E-state index is 11.8. The molecule has 0 spiro atoms. The van der Waals surface area contributed by atoms with Crippen LogP contribution in [0.15, 0.2) is 30.3 Å². The zero-order valence-corrected chi connectivity index (χ0v) is 11.6. The molecule has 1 aromatic rings. The van der Waals surface area contributed by atoms with Crippen LogP contribution < -0.4 is 5.73 Å². The molecule has 1 unspecified atom stereocenters. The molecule has 1 atom stereocenters. The van der Waals surface area contributed by atoms with Crippen molar-refractivity contribution in [1.29, 1.82) is 0 Å². The van der Waals surface area contributed by atoms with Gasteiger partial charge in [-0.05, 0) is 12.0 Å². The van der Waals surface area contributed by atoms with Gasteiger partial charge in [-0.15, -0.1) is 0 Å². The van der Waals surface area contributed by atoms with E-state index in [-0.39, 0.29) is 5.91 Å². The summed E-state index contributed by atoms with van der Waals surface area (Å²) in [5.41, 5.74) is 6.77. The van der Waals surface area contributed by atoms with Gasteiger partial charge in [-0.3, -0.25) is 9.69 Å². The van der Waals surface area contributed by atoms with Gasteiger partial charge >= 0.3 is 0 Å². The van der Waals surface area contributed by atoms with Gasteiger partial charge in [-0.25, -0.2) is 0 Å². The van der Waals surface area contributed by atoms with Crippen LogP contribution in [-0.2, 0) is 11.3 Å². The molecule has 1 saturated heterocycles. The summed E-state index contributed by atoms with van der Waals surface area (Å²) < 4.78 is 0. The van der Waals surface area contributed by atoms with Gasteiger partial charge in [0.05, 0.1) is 0 Å². The van der Waals surface area contributed by atoms with E-state index < -0.39 is 0 Å². The van der Waals surface area contributed by atoms with Crippen LogP contribution in [0.25, 0.3) is 0 Å². The van der Waals surface area contributed by atoms with Crippen LogP contribution in [0.4, 0.5) is 0 Å². The normalized spacial score (nSPS) is 19.6. The second-order valence-electron chi connectivity index (χ2n) is 5.21. The predicted molar refractivity (Wildman–Crippen MR) is 76.6 cm³/mol. The van der Waals surface area contributed by atoms with Crippen molar-refractivity contribution in [2.45, 2.75) is 25.4 Å². The number of hydrogen-bond acceptors (Lipinski definition) is 3. The number of nitrogens with two attached hydrogens (primary N) is 1. The third-order valence-electron chi connectivity index (χ3n) is 3.80. The molecule has 2 rings (SSSR count). The van der Waals surface area contributed by atoms with Crippen molar-refractivity contribution in [2.75, 3.05) is 26.7 Å². The fraction of sp³-hybridized carbons (Fsp3) is 0.533. The van der Waals surface area contributed by atoms with E-state index in [0.29, 0.717) is 19.0 Å². The fourth-order valence-electron chi connectivity index (χ4n) is 2.62. The van der Waals surface area contributed by atoms with Gasteiger partial charge in [0.2, 0.25) is 5.91 Å². The average Bonchev–Trinajstić information content (AvgIpc) is 2.88. The zero-order valence-electron chi connectivity index (χ0n) is 11.6. The number of likely N-dealkylation sites (tertiary alicyclic amines) is 1. The summed E-state index contributed by atoms with van der Waals surface area (Å²) in [5, 5.41) is 0. The van der Waals surface area contributed by atoms with Gasteiger partial charge in [0.1, 0.15) is 0 Å². The molecule has 0 aliphatic carbocycles. The third kappa shape index (κ3) is 3.78. The van der Waals surface area contributed by atoms with Crippen molar-refractivity contribution >= 4 is 5.91 Å². The Morgan fingerprint density at radius 2 is 2.16 bits per heavy atom. The summed E-state index contributed by atoms with van der Waals surface area (Å²) in [6.45, 7) is 3.42. The number of carbonyl (C=O) groups is 1. The Kier molecular flexibility index (Phi) is 4.93. The van der Waals surface area contributed by atoms with E-state index in [0.717, 1.165) is 26.1 Å². The van der Waals surface area contributed by atoms with Crippen molar-refractivity contribution in [3.05, 3.63) is 35.9 Å². The molecular formula is C15H23N3O.